The topological polar surface area (TPSA) is 86.7 Å². The van der Waals surface area contributed by atoms with Crippen molar-refractivity contribution in [2.24, 2.45) is 5.92 Å². The SMILES string of the molecule is CN1CC(C(=O)NC(C)(C(=O)O)C(F)(F)F)CC1=O. The number of nitrogens with one attached hydrogen (secondary N) is 1. The molecule has 9 heteroatoms. The van der Waals surface area contributed by atoms with Gasteiger partial charge in [-0.3, -0.25) is 9.59 Å². The summed E-state index contributed by atoms with van der Waals surface area (Å²) in [5, 5.41) is 10.1. The number of aliphatic carboxylic acids is 1. The van der Waals surface area contributed by atoms with Crippen LogP contribution in [0.5, 0.6) is 0 Å². The minimum atomic E-state index is -5.14. The van der Waals surface area contributed by atoms with Crippen LogP contribution in [0.2, 0.25) is 0 Å². The molecule has 108 valence electrons. The van der Waals surface area contributed by atoms with Crippen molar-refractivity contribution in [1.29, 1.82) is 0 Å². The molecule has 1 heterocycles. The minimum absolute atomic E-state index is 0.0295. The fourth-order valence-electron chi connectivity index (χ4n) is 1.63. The highest BCUT2D eigenvalue weighted by molar-refractivity contribution is 5.92. The van der Waals surface area contributed by atoms with Gasteiger partial charge in [0.25, 0.3) is 0 Å². The Hall–Kier alpha value is -1.80. The predicted molar refractivity (Wildman–Crippen MR) is 56.0 cm³/mol. The Morgan fingerprint density at radius 2 is 1.95 bits per heavy atom. The number of amides is 2. The van der Waals surface area contributed by atoms with E-state index in [0.29, 0.717) is 6.92 Å². The third-order valence-electron chi connectivity index (χ3n) is 3.08. The van der Waals surface area contributed by atoms with E-state index in [0.717, 1.165) is 0 Å². The molecule has 2 amide bonds. The fraction of sp³-hybridized carbons (Fsp3) is 0.700. The van der Waals surface area contributed by atoms with Gasteiger partial charge in [0.15, 0.2) is 0 Å². The lowest BCUT2D eigenvalue weighted by molar-refractivity contribution is -0.207. The van der Waals surface area contributed by atoms with Crippen molar-refractivity contribution >= 4 is 17.8 Å². The number of carbonyl (C=O) groups excluding carboxylic acids is 2. The first-order valence-electron chi connectivity index (χ1n) is 5.35. The summed E-state index contributed by atoms with van der Waals surface area (Å²) in [6.07, 6.45) is -5.36. The second kappa shape index (κ2) is 4.71. The van der Waals surface area contributed by atoms with Crippen LogP contribution in [0.4, 0.5) is 13.2 Å². The molecule has 0 aromatic carbocycles. The summed E-state index contributed by atoms with van der Waals surface area (Å²) in [5.41, 5.74) is -3.37. The van der Waals surface area contributed by atoms with E-state index < -0.39 is 29.5 Å². The molecule has 0 radical (unpaired) electrons. The van der Waals surface area contributed by atoms with E-state index in [9.17, 15) is 27.6 Å². The average molecular weight is 282 g/mol. The van der Waals surface area contributed by atoms with E-state index in [4.69, 9.17) is 5.11 Å². The number of rotatable bonds is 3. The highest BCUT2D eigenvalue weighted by Gasteiger charge is 2.59. The fourth-order valence-corrected chi connectivity index (χ4v) is 1.63. The lowest BCUT2D eigenvalue weighted by atomic mass is 9.99. The third-order valence-corrected chi connectivity index (χ3v) is 3.08. The van der Waals surface area contributed by atoms with Crippen molar-refractivity contribution < 1.29 is 32.7 Å². The van der Waals surface area contributed by atoms with Crippen LogP contribution < -0.4 is 5.32 Å². The molecular formula is C10H13F3N2O4. The Kier molecular flexibility index (Phi) is 3.78. The summed E-state index contributed by atoms with van der Waals surface area (Å²) >= 11 is 0. The van der Waals surface area contributed by atoms with Crippen molar-refractivity contribution in [2.75, 3.05) is 13.6 Å². The van der Waals surface area contributed by atoms with Gasteiger partial charge in [0.1, 0.15) is 0 Å². The molecule has 0 saturated carbocycles. The van der Waals surface area contributed by atoms with Crippen molar-refractivity contribution in [1.82, 2.24) is 10.2 Å². The Bertz CT molecular complexity index is 423. The molecular weight excluding hydrogens is 269 g/mol. The van der Waals surface area contributed by atoms with E-state index in [-0.39, 0.29) is 18.9 Å². The number of carboxylic acid groups (broad SMARTS) is 1. The molecule has 19 heavy (non-hydrogen) atoms. The highest BCUT2D eigenvalue weighted by atomic mass is 19.4. The van der Waals surface area contributed by atoms with E-state index in [1.54, 1.807) is 0 Å². The van der Waals surface area contributed by atoms with Crippen LogP contribution in [0.1, 0.15) is 13.3 Å². The molecule has 2 N–H and O–H groups in total. The van der Waals surface area contributed by atoms with Crippen LogP contribution in [0.15, 0.2) is 0 Å². The normalized spacial score (nSPS) is 23.1. The van der Waals surface area contributed by atoms with Crippen LogP contribution in [0, 0.1) is 5.92 Å². The molecule has 2 unspecified atom stereocenters. The molecule has 1 rings (SSSR count). The van der Waals surface area contributed by atoms with Gasteiger partial charge in [0.2, 0.25) is 17.4 Å². The number of nitrogens with zero attached hydrogens (tertiary/aromatic N) is 1. The zero-order chi connectivity index (χ0) is 15.0. The van der Waals surface area contributed by atoms with Crippen molar-refractivity contribution in [3.63, 3.8) is 0 Å². The van der Waals surface area contributed by atoms with Crippen LogP contribution in [0.3, 0.4) is 0 Å². The van der Waals surface area contributed by atoms with Crippen LogP contribution in [0.25, 0.3) is 0 Å². The number of carboxylic acids is 1. The van der Waals surface area contributed by atoms with E-state index in [2.05, 4.69) is 0 Å². The quantitative estimate of drug-likeness (QED) is 0.762. The molecule has 1 fully saturated rings. The van der Waals surface area contributed by atoms with Gasteiger partial charge in [-0.1, -0.05) is 0 Å². The van der Waals surface area contributed by atoms with Gasteiger partial charge in [-0.2, -0.15) is 13.2 Å². The van der Waals surface area contributed by atoms with Gasteiger partial charge in [-0.25, -0.2) is 4.79 Å². The number of hydrogen-bond acceptors (Lipinski definition) is 3. The monoisotopic (exact) mass is 282 g/mol. The maximum absolute atomic E-state index is 12.7. The number of alkyl halides is 3. The first kappa shape index (κ1) is 15.3. The number of carbonyl (C=O) groups is 3. The molecule has 1 aliphatic heterocycles. The summed E-state index contributed by atoms with van der Waals surface area (Å²) in [4.78, 5) is 34.8. The molecule has 1 aliphatic rings. The maximum atomic E-state index is 12.7. The van der Waals surface area contributed by atoms with Gasteiger partial charge in [0.05, 0.1) is 5.92 Å². The Morgan fingerprint density at radius 1 is 1.42 bits per heavy atom. The third kappa shape index (κ3) is 2.79. The summed E-state index contributed by atoms with van der Waals surface area (Å²) in [6, 6.07) is 0. The maximum Gasteiger partial charge on any atom is 0.422 e. The number of likely N-dealkylation sites (tertiary alicyclic amines) is 1. The second-order valence-corrected chi connectivity index (χ2v) is 4.59. The Labute approximate surface area is 106 Å². The summed E-state index contributed by atoms with van der Waals surface area (Å²) < 4.78 is 38.0. The lowest BCUT2D eigenvalue weighted by Gasteiger charge is -2.29. The molecule has 2 atom stereocenters. The molecule has 0 aliphatic carbocycles. The molecule has 0 aromatic rings. The van der Waals surface area contributed by atoms with E-state index in [1.165, 1.54) is 17.3 Å². The zero-order valence-corrected chi connectivity index (χ0v) is 10.2. The van der Waals surface area contributed by atoms with Gasteiger partial charge in [-0.15, -0.1) is 0 Å². The minimum Gasteiger partial charge on any atom is -0.479 e. The van der Waals surface area contributed by atoms with Crippen molar-refractivity contribution in [3.8, 4) is 0 Å². The van der Waals surface area contributed by atoms with Crippen molar-refractivity contribution in [2.45, 2.75) is 25.1 Å². The van der Waals surface area contributed by atoms with Gasteiger partial charge >= 0.3 is 12.1 Å². The highest BCUT2D eigenvalue weighted by Crippen LogP contribution is 2.31. The second-order valence-electron chi connectivity index (χ2n) is 4.59. The largest absolute Gasteiger partial charge is 0.479 e. The van der Waals surface area contributed by atoms with Crippen molar-refractivity contribution in [3.05, 3.63) is 0 Å². The summed E-state index contributed by atoms with van der Waals surface area (Å²) in [7, 11) is 1.41. The smallest absolute Gasteiger partial charge is 0.422 e. The van der Waals surface area contributed by atoms with Gasteiger partial charge in [0, 0.05) is 20.0 Å². The average Bonchev–Trinajstić information content (AvgIpc) is 2.57. The standard InChI is InChI=1S/C10H13F3N2O4/c1-9(8(18)19,10(11,12)13)14-7(17)5-3-6(16)15(2)4-5/h5H,3-4H2,1-2H3,(H,14,17)(H,18,19). The molecule has 0 bridgehead atoms. The first-order chi connectivity index (χ1) is 8.49. The molecule has 0 spiro atoms. The Balaban J connectivity index is 2.85. The van der Waals surface area contributed by atoms with E-state index >= 15 is 0 Å². The van der Waals surface area contributed by atoms with Crippen LogP contribution >= 0.6 is 0 Å². The summed E-state index contributed by atoms with van der Waals surface area (Å²) in [6.45, 7) is 0.339. The van der Waals surface area contributed by atoms with Gasteiger partial charge < -0.3 is 15.3 Å². The number of halogens is 3. The Morgan fingerprint density at radius 3 is 2.26 bits per heavy atom. The molecule has 1 saturated heterocycles. The molecule has 0 aromatic heterocycles. The molecule has 6 nitrogen and oxygen atoms in total. The van der Waals surface area contributed by atoms with Crippen LogP contribution in [-0.4, -0.2) is 53.1 Å². The van der Waals surface area contributed by atoms with Gasteiger partial charge in [-0.05, 0) is 6.92 Å². The zero-order valence-electron chi connectivity index (χ0n) is 10.2. The van der Waals surface area contributed by atoms with Crippen LogP contribution in [-0.2, 0) is 14.4 Å². The predicted octanol–water partition coefficient (Wildman–Crippen LogP) is -0.0135. The number of hydrogen-bond donors (Lipinski definition) is 2. The first-order valence-corrected chi connectivity index (χ1v) is 5.35. The van der Waals surface area contributed by atoms with E-state index in [1.807, 2.05) is 0 Å². The summed E-state index contributed by atoms with van der Waals surface area (Å²) in [5.74, 6) is -4.64. The lowest BCUT2D eigenvalue weighted by Crippen LogP contribution is -2.62.